The Morgan fingerprint density at radius 1 is 1.47 bits per heavy atom. The van der Waals surface area contributed by atoms with Gasteiger partial charge in [-0.1, -0.05) is 11.8 Å². The fraction of sp³-hybridized carbons (Fsp3) is 0.308. The van der Waals surface area contributed by atoms with Crippen LogP contribution in [0.15, 0.2) is 11.4 Å². The molecule has 1 aliphatic carbocycles. The van der Waals surface area contributed by atoms with Crippen molar-refractivity contribution in [3.05, 3.63) is 28.6 Å². The largest absolute Gasteiger partial charge is 0.366 e. The average Bonchev–Trinajstić information content (AvgIpc) is 2.74. The summed E-state index contributed by atoms with van der Waals surface area (Å²) in [4.78, 5) is 23.7. The number of aromatic nitrogens is 3. The molecule has 2 heterocycles. The van der Waals surface area contributed by atoms with Crippen molar-refractivity contribution in [2.24, 2.45) is 5.73 Å². The van der Waals surface area contributed by atoms with E-state index in [-0.39, 0.29) is 5.91 Å². The molecule has 0 bridgehead atoms. The molecular formula is C13H14N4OS. The molecule has 0 spiro atoms. The van der Waals surface area contributed by atoms with E-state index in [2.05, 4.69) is 15.0 Å². The van der Waals surface area contributed by atoms with E-state index < -0.39 is 0 Å². The summed E-state index contributed by atoms with van der Waals surface area (Å²) in [6.45, 7) is 1.87. The van der Waals surface area contributed by atoms with Crippen molar-refractivity contribution in [2.75, 3.05) is 6.26 Å². The van der Waals surface area contributed by atoms with Gasteiger partial charge in [-0.25, -0.2) is 9.97 Å². The Labute approximate surface area is 115 Å². The number of nitrogens with zero attached hydrogens (tertiary/aromatic N) is 2. The highest BCUT2D eigenvalue weighted by Gasteiger charge is 2.26. The van der Waals surface area contributed by atoms with Crippen LogP contribution in [0.2, 0.25) is 0 Å². The maximum absolute atomic E-state index is 11.6. The average molecular weight is 274 g/mol. The number of amides is 1. The fourth-order valence-corrected chi connectivity index (χ4v) is 2.95. The summed E-state index contributed by atoms with van der Waals surface area (Å²) in [5.41, 5.74) is 10.8. The maximum Gasteiger partial charge on any atom is 0.250 e. The Kier molecular flexibility index (Phi) is 2.82. The van der Waals surface area contributed by atoms with Gasteiger partial charge >= 0.3 is 0 Å². The monoisotopic (exact) mass is 274 g/mol. The van der Waals surface area contributed by atoms with E-state index in [1.807, 2.05) is 19.4 Å². The highest BCUT2D eigenvalue weighted by atomic mass is 32.2. The third-order valence-corrected chi connectivity index (χ3v) is 4.01. The van der Waals surface area contributed by atoms with Gasteiger partial charge in [0.05, 0.1) is 17.0 Å². The Hall–Kier alpha value is -1.82. The second kappa shape index (κ2) is 4.38. The lowest BCUT2D eigenvalue weighted by molar-refractivity contribution is 0.0999. The van der Waals surface area contributed by atoms with Crippen LogP contribution in [0, 0.1) is 6.92 Å². The van der Waals surface area contributed by atoms with Gasteiger partial charge in [0.2, 0.25) is 0 Å². The quantitative estimate of drug-likeness (QED) is 0.645. The predicted octanol–water partition coefficient (Wildman–Crippen LogP) is 1.70. The molecular weight excluding hydrogens is 260 g/mol. The van der Waals surface area contributed by atoms with E-state index in [1.165, 1.54) is 11.8 Å². The van der Waals surface area contributed by atoms with Gasteiger partial charge in [-0.05, 0) is 37.1 Å². The minimum Gasteiger partial charge on any atom is -0.366 e. The smallest absolute Gasteiger partial charge is 0.250 e. The third-order valence-electron chi connectivity index (χ3n) is 3.44. The van der Waals surface area contributed by atoms with Crippen LogP contribution in [0.5, 0.6) is 0 Å². The number of carbonyl (C=O) groups is 1. The molecule has 19 heavy (non-hydrogen) atoms. The minimum atomic E-state index is -0.377. The second-order valence-electron chi connectivity index (χ2n) is 4.57. The molecule has 0 saturated heterocycles. The maximum atomic E-state index is 11.6. The lowest BCUT2D eigenvalue weighted by Gasteiger charge is -2.16. The van der Waals surface area contributed by atoms with Crippen molar-refractivity contribution >= 4 is 17.7 Å². The standard InChI is InChI=1S/C13H14N4OS/c1-6-9(12(14)18)8-4-3-7-5-15-13(19-2)17-10(7)11(8)16-6/h5,16H,3-4H2,1-2H3,(H2,14,18). The molecule has 0 unspecified atom stereocenters. The summed E-state index contributed by atoms with van der Waals surface area (Å²) in [7, 11) is 0. The number of aromatic amines is 1. The number of H-pyrrole nitrogens is 1. The Bertz CT molecular complexity index is 678. The van der Waals surface area contributed by atoms with Crippen molar-refractivity contribution in [3.8, 4) is 11.4 Å². The van der Waals surface area contributed by atoms with Crippen molar-refractivity contribution in [1.82, 2.24) is 15.0 Å². The summed E-state index contributed by atoms with van der Waals surface area (Å²) in [6, 6.07) is 0. The van der Waals surface area contributed by atoms with E-state index >= 15 is 0 Å². The SMILES string of the molecule is CSc1ncc2c(n1)-c1[nH]c(C)c(C(N)=O)c1CC2. The lowest BCUT2D eigenvalue weighted by Crippen LogP contribution is -2.15. The van der Waals surface area contributed by atoms with Gasteiger partial charge in [-0.3, -0.25) is 4.79 Å². The number of fused-ring (bicyclic) bond motifs is 3. The van der Waals surface area contributed by atoms with Crippen molar-refractivity contribution in [3.63, 3.8) is 0 Å². The zero-order valence-electron chi connectivity index (χ0n) is 10.8. The number of rotatable bonds is 2. The molecule has 0 saturated carbocycles. The number of aryl methyl sites for hydroxylation is 2. The van der Waals surface area contributed by atoms with Gasteiger partial charge < -0.3 is 10.7 Å². The molecule has 0 fully saturated rings. The molecule has 5 nitrogen and oxygen atoms in total. The fourth-order valence-electron chi connectivity index (χ4n) is 2.61. The van der Waals surface area contributed by atoms with Crippen LogP contribution in [0.25, 0.3) is 11.4 Å². The first-order valence-corrected chi connectivity index (χ1v) is 7.25. The Balaban J connectivity index is 2.24. The number of nitrogens with two attached hydrogens (primary N) is 1. The van der Waals surface area contributed by atoms with Crippen LogP contribution in [-0.2, 0) is 12.8 Å². The molecule has 0 aliphatic heterocycles. The van der Waals surface area contributed by atoms with Crippen molar-refractivity contribution in [2.45, 2.75) is 24.9 Å². The van der Waals surface area contributed by atoms with E-state index in [0.717, 1.165) is 46.2 Å². The lowest BCUT2D eigenvalue weighted by atomic mass is 9.92. The van der Waals surface area contributed by atoms with Gasteiger partial charge in [0.15, 0.2) is 5.16 Å². The van der Waals surface area contributed by atoms with Gasteiger partial charge in [0, 0.05) is 11.9 Å². The molecule has 2 aromatic heterocycles. The number of hydrogen-bond acceptors (Lipinski definition) is 4. The number of hydrogen-bond donors (Lipinski definition) is 2. The molecule has 3 rings (SSSR count). The van der Waals surface area contributed by atoms with Crippen molar-refractivity contribution in [1.29, 1.82) is 0 Å². The molecule has 0 atom stereocenters. The molecule has 6 heteroatoms. The Morgan fingerprint density at radius 2 is 2.26 bits per heavy atom. The number of primary amides is 1. The summed E-state index contributed by atoms with van der Waals surface area (Å²) >= 11 is 1.51. The van der Waals surface area contributed by atoms with Gasteiger partial charge in [0.1, 0.15) is 0 Å². The summed E-state index contributed by atoms with van der Waals surface area (Å²) in [5.74, 6) is -0.377. The van der Waals surface area contributed by atoms with Gasteiger partial charge in [0.25, 0.3) is 5.91 Å². The molecule has 2 aromatic rings. The highest BCUT2D eigenvalue weighted by molar-refractivity contribution is 7.98. The first kappa shape index (κ1) is 12.2. The van der Waals surface area contributed by atoms with E-state index in [1.54, 1.807) is 0 Å². The zero-order chi connectivity index (χ0) is 13.6. The van der Waals surface area contributed by atoms with Crippen molar-refractivity contribution < 1.29 is 4.79 Å². The minimum absolute atomic E-state index is 0.377. The first-order valence-electron chi connectivity index (χ1n) is 6.03. The van der Waals surface area contributed by atoms with E-state index in [9.17, 15) is 4.79 Å². The normalized spacial score (nSPS) is 12.9. The van der Waals surface area contributed by atoms with Crippen LogP contribution >= 0.6 is 11.8 Å². The predicted molar refractivity (Wildman–Crippen MR) is 74.3 cm³/mol. The van der Waals surface area contributed by atoms with Gasteiger partial charge in [-0.15, -0.1) is 0 Å². The highest BCUT2D eigenvalue weighted by Crippen LogP contribution is 2.35. The van der Waals surface area contributed by atoms with E-state index in [0.29, 0.717) is 5.56 Å². The molecule has 1 aliphatic rings. The second-order valence-corrected chi connectivity index (χ2v) is 5.35. The molecule has 0 radical (unpaired) electrons. The van der Waals surface area contributed by atoms with Crippen LogP contribution in [-0.4, -0.2) is 27.1 Å². The first-order chi connectivity index (χ1) is 9.11. The molecule has 98 valence electrons. The molecule has 0 aromatic carbocycles. The zero-order valence-corrected chi connectivity index (χ0v) is 11.6. The summed E-state index contributed by atoms with van der Waals surface area (Å²) in [5, 5.41) is 0.736. The van der Waals surface area contributed by atoms with Gasteiger partial charge in [-0.2, -0.15) is 0 Å². The Morgan fingerprint density at radius 3 is 2.95 bits per heavy atom. The molecule has 3 N–H and O–H groups in total. The van der Waals surface area contributed by atoms with Crippen LogP contribution < -0.4 is 5.73 Å². The van der Waals surface area contributed by atoms with Crippen LogP contribution in [0.1, 0.15) is 27.2 Å². The van der Waals surface area contributed by atoms with E-state index in [4.69, 9.17) is 5.73 Å². The number of nitrogens with one attached hydrogen (secondary N) is 1. The van der Waals surface area contributed by atoms with Crippen LogP contribution in [0.4, 0.5) is 0 Å². The number of carbonyl (C=O) groups excluding carboxylic acids is 1. The number of thioether (sulfide) groups is 1. The topological polar surface area (TPSA) is 84.7 Å². The molecule has 1 amide bonds. The summed E-state index contributed by atoms with van der Waals surface area (Å²) < 4.78 is 0. The third kappa shape index (κ3) is 1.83. The van der Waals surface area contributed by atoms with Crippen LogP contribution in [0.3, 0.4) is 0 Å². The summed E-state index contributed by atoms with van der Waals surface area (Å²) in [6.07, 6.45) is 5.46.